The zero-order chi connectivity index (χ0) is 21.2. The number of aromatic amines is 2. The van der Waals surface area contributed by atoms with Crippen LogP contribution in [0.2, 0.25) is 0 Å². The zero-order valence-electron chi connectivity index (χ0n) is 17.1. The number of hydrogen-bond donors (Lipinski definition) is 4. The number of H-pyrrole nitrogens is 2. The summed E-state index contributed by atoms with van der Waals surface area (Å²) in [7, 11) is 0. The van der Waals surface area contributed by atoms with Crippen LogP contribution in [0.5, 0.6) is 0 Å². The molecule has 4 aromatic rings. The minimum atomic E-state index is -0.157. The van der Waals surface area contributed by atoms with E-state index in [1.165, 1.54) is 0 Å². The summed E-state index contributed by atoms with van der Waals surface area (Å²) in [6.45, 7) is 1.85. The van der Waals surface area contributed by atoms with Gasteiger partial charge < -0.3 is 20.6 Å². The maximum Gasteiger partial charge on any atom is 0.257 e. The number of hydrogen-bond acceptors (Lipinski definition) is 3. The van der Waals surface area contributed by atoms with E-state index in [-0.39, 0.29) is 17.5 Å². The molecular weight excluding hydrogens is 388 g/mol. The van der Waals surface area contributed by atoms with Gasteiger partial charge in [-0.2, -0.15) is 0 Å². The molecule has 6 heteroatoms. The maximum absolute atomic E-state index is 12.9. The van der Waals surface area contributed by atoms with Gasteiger partial charge in [-0.25, -0.2) is 0 Å². The largest absolute Gasteiger partial charge is 0.354 e. The van der Waals surface area contributed by atoms with E-state index in [1.807, 2.05) is 54.6 Å². The Morgan fingerprint density at radius 2 is 1.77 bits per heavy atom. The Labute approximate surface area is 179 Å². The SMILES string of the molecule is O=C(NC1CCNCC1)c1ccc2[nH]c(-c3ccc[nH]c3=O)c(-c3ccccc3)c2c1. The van der Waals surface area contributed by atoms with Crippen LogP contribution in [0.25, 0.3) is 33.3 Å². The van der Waals surface area contributed by atoms with Crippen LogP contribution in [0, 0.1) is 0 Å². The number of benzene rings is 2. The third-order valence-corrected chi connectivity index (χ3v) is 5.89. The van der Waals surface area contributed by atoms with Gasteiger partial charge in [0.15, 0.2) is 0 Å². The lowest BCUT2D eigenvalue weighted by molar-refractivity contribution is 0.0929. The Balaban J connectivity index is 1.63. The summed E-state index contributed by atoms with van der Waals surface area (Å²) in [5, 5.41) is 7.40. The smallest absolute Gasteiger partial charge is 0.257 e. The second-order valence-electron chi connectivity index (χ2n) is 7.91. The summed E-state index contributed by atoms with van der Waals surface area (Å²) >= 11 is 0. The van der Waals surface area contributed by atoms with Gasteiger partial charge in [0.1, 0.15) is 0 Å². The molecule has 0 spiro atoms. The van der Waals surface area contributed by atoms with Crippen molar-refractivity contribution >= 4 is 16.8 Å². The van der Waals surface area contributed by atoms with E-state index in [9.17, 15) is 9.59 Å². The molecule has 4 N–H and O–H groups in total. The highest BCUT2D eigenvalue weighted by atomic mass is 16.1. The summed E-state index contributed by atoms with van der Waals surface area (Å²) in [6.07, 6.45) is 3.50. The van der Waals surface area contributed by atoms with E-state index in [0.29, 0.717) is 11.1 Å². The van der Waals surface area contributed by atoms with Crippen molar-refractivity contribution in [1.82, 2.24) is 20.6 Å². The van der Waals surface area contributed by atoms with Crippen LogP contribution in [0.1, 0.15) is 23.2 Å². The third kappa shape index (κ3) is 3.78. The van der Waals surface area contributed by atoms with Crippen LogP contribution in [0.15, 0.2) is 71.7 Å². The molecule has 0 unspecified atom stereocenters. The Morgan fingerprint density at radius 1 is 0.968 bits per heavy atom. The average Bonchev–Trinajstić information content (AvgIpc) is 3.19. The van der Waals surface area contributed by atoms with Crippen molar-refractivity contribution in [2.75, 3.05) is 13.1 Å². The molecule has 0 aliphatic carbocycles. The third-order valence-electron chi connectivity index (χ3n) is 5.89. The molecule has 1 saturated heterocycles. The van der Waals surface area contributed by atoms with Crippen molar-refractivity contribution in [2.45, 2.75) is 18.9 Å². The second kappa shape index (κ2) is 8.24. The summed E-state index contributed by atoms with van der Waals surface area (Å²) < 4.78 is 0. The fourth-order valence-electron chi connectivity index (χ4n) is 4.29. The van der Waals surface area contributed by atoms with Gasteiger partial charge in [-0.15, -0.1) is 0 Å². The summed E-state index contributed by atoms with van der Waals surface area (Å²) in [5.74, 6) is -0.0619. The summed E-state index contributed by atoms with van der Waals surface area (Å²) in [5.41, 5.74) is 4.57. The molecule has 156 valence electrons. The van der Waals surface area contributed by atoms with E-state index in [4.69, 9.17) is 0 Å². The van der Waals surface area contributed by atoms with Crippen molar-refractivity contribution < 1.29 is 4.79 Å². The minimum Gasteiger partial charge on any atom is -0.354 e. The standard InChI is InChI=1S/C25H24N4O2/c30-24(28-18-10-13-26-14-11-18)17-8-9-21-20(15-17)22(16-5-2-1-3-6-16)23(29-21)19-7-4-12-27-25(19)31/h1-9,12,15,18,26,29H,10-11,13-14H2,(H,27,31)(H,28,30). The van der Waals surface area contributed by atoms with Gasteiger partial charge in [0.05, 0.1) is 11.3 Å². The molecule has 1 aliphatic rings. The van der Waals surface area contributed by atoms with Crippen molar-refractivity contribution in [3.05, 3.63) is 82.8 Å². The Morgan fingerprint density at radius 3 is 2.55 bits per heavy atom. The lowest BCUT2D eigenvalue weighted by Crippen LogP contribution is -2.42. The Hall–Kier alpha value is -3.64. The highest BCUT2D eigenvalue weighted by Gasteiger charge is 2.20. The molecule has 0 saturated carbocycles. The van der Waals surface area contributed by atoms with E-state index in [0.717, 1.165) is 53.7 Å². The average molecular weight is 412 g/mol. The number of rotatable bonds is 4. The van der Waals surface area contributed by atoms with E-state index >= 15 is 0 Å². The molecule has 2 aromatic carbocycles. The molecule has 0 bridgehead atoms. The lowest BCUT2D eigenvalue weighted by Gasteiger charge is -2.23. The minimum absolute atomic E-state index is 0.0619. The van der Waals surface area contributed by atoms with Gasteiger partial charge in [0, 0.05) is 34.3 Å². The highest BCUT2D eigenvalue weighted by molar-refractivity contribution is 6.07. The van der Waals surface area contributed by atoms with Crippen molar-refractivity contribution in [3.8, 4) is 22.4 Å². The van der Waals surface area contributed by atoms with Crippen LogP contribution in [-0.4, -0.2) is 35.0 Å². The highest BCUT2D eigenvalue weighted by Crippen LogP contribution is 2.37. The van der Waals surface area contributed by atoms with Crippen LogP contribution >= 0.6 is 0 Å². The predicted octanol–water partition coefficient (Wildman–Crippen LogP) is 3.67. The van der Waals surface area contributed by atoms with Gasteiger partial charge in [-0.3, -0.25) is 9.59 Å². The van der Waals surface area contributed by atoms with Crippen LogP contribution in [-0.2, 0) is 0 Å². The van der Waals surface area contributed by atoms with Crippen molar-refractivity contribution in [2.24, 2.45) is 0 Å². The fraction of sp³-hybridized carbons (Fsp3) is 0.200. The quantitative estimate of drug-likeness (QED) is 0.412. The molecule has 6 nitrogen and oxygen atoms in total. The summed E-state index contributed by atoms with van der Waals surface area (Å²) in [6, 6.07) is 19.4. The molecule has 1 fully saturated rings. The molecule has 3 heterocycles. The predicted molar refractivity (Wildman–Crippen MR) is 123 cm³/mol. The first kappa shape index (κ1) is 19.3. The number of carbonyl (C=O) groups is 1. The number of nitrogens with one attached hydrogen (secondary N) is 4. The van der Waals surface area contributed by atoms with Gasteiger partial charge in [-0.05, 0) is 61.8 Å². The van der Waals surface area contributed by atoms with Crippen molar-refractivity contribution in [3.63, 3.8) is 0 Å². The van der Waals surface area contributed by atoms with E-state index in [2.05, 4.69) is 20.6 Å². The molecule has 2 aromatic heterocycles. The first-order valence-electron chi connectivity index (χ1n) is 10.6. The zero-order valence-corrected chi connectivity index (χ0v) is 17.1. The fourth-order valence-corrected chi connectivity index (χ4v) is 4.29. The normalized spacial score (nSPS) is 14.6. The maximum atomic E-state index is 12.9. The monoisotopic (exact) mass is 412 g/mol. The van der Waals surface area contributed by atoms with E-state index in [1.54, 1.807) is 12.3 Å². The van der Waals surface area contributed by atoms with Crippen molar-refractivity contribution in [1.29, 1.82) is 0 Å². The summed E-state index contributed by atoms with van der Waals surface area (Å²) in [4.78, 5) is 31.6. The van der Waals surface area contributed by atoms with Gasteiger partial charge >= 0.3 is 0 Å². The number of piperidine rings is 1. The number of fused-ring (bicyclic) bond motifs is 1. The van der Waals surface area contributed by atoms with Crippen LogP contribution < -0.4 is 16.2 Å². The number of aromatic nitrogens is 2. The van der Waals surface area contributed by atoms with Gasteiger partial charge in [0.2, 0.25) is 0 Å². The van der Waals surface area contributed by atoms with Crippen LogP contribution in [0.4, 0.5) is 0 Å². The number of pyridine rings is 1. The topological polar surface area (TPSA) is 89.8 Å². The molecule has 31 heavy (non-hydrogen) atoms. The molecule has 1 amide bonds. The van der Waals surface area contributed by atoms with Gasteiger partial charge in [-0.1, -0.05) is 30.3 Å². The lowest BCUT2D eigenvalue weighted by atomic mass is 9.98. The molecule has 5 rings (SSSR count). The first-order chi connectivity index (χ1) is 15.2. The number of carbonyl (C=O) groups excluding carboxylic acids is 1. The molecule has 0 radical (unpaired) electrons. The molecule has 0 atom stereocenters. The van der Waals surface area contributed by atoms with Crippen LogP contribution in [0.3, 0.4) is 0 Å². The first-order valence-corrected chi connectivity index (χ1v) is 10.6. The van der Waals surface area contributed by atoms with Gasteiger partial charge in [0.25, 0.3) is 11.5 Å². The molecule has 1 aliphatic heterocycles. The second-order valence-corrected chi connectivity index (χ2v) is 7.91. The Bertz CT molecular complexity index is 1280. The number of amides is 1. The van der Waals surface area contributed by atoms with E-state index < -0.39 is 0 Å². The Kier molecular flexibility index (Phi) is 5.14. The molecular formula is C25H24N4O2.